The molecule has 2 unspecified atom stereocenters. The fraction of sp³-hybridized carbons (Fsp3) is 0.600. The molecule has 0 bridgehead atoms. The molecule has 1 aliphatic rings. The highest BCUT2D eigenvalue weighted by atomic mass is 16.5. The average molecular weight is 281 g/mol. The molecular formula is C15H23NO4. The largest absolute Gasteiger partial charge is 0.497 e. The quantitative estimate of drug-likeness (QED) is 0.793. The lowest BCUT2D eigenvalue weighted by Crippen LogP contribution is -2.32. The first-order chi connectivity index (χ1) is 9.78. The second kappa shape index (κ2) is 7.47. The molecule has 5 heteroatoms. The van der Waals surface area contributed by atoms with Crippen molar-refractivity contribution in [1.82, 2.24) is 5.32 Å². The van der Waals surface area contributed by atoms with E-state index >= 15 is 0 Å². The van der Waals surface area contributed by atoms with E-state index in [0.717, 1.165) is 43.1 Å². The molecule has 1 aromatic carbocycles. The summed E-state index contributed by atoms with van der Waals surface area (Å²) in [7, 11) is 3.25. The van der Waals surface area contributed by atoms with Gasteiger partial charge in [0.2, 0.25) is 0 Å². The van der Waals surface area contributed by atoms with Crippen LogP contribution >= 0.6 is 0 Å². The normalized spacial score (nSPS) is 19.9. The van der Waals surface area contributed by atoms with Crippen LogP contribution in [-0.4, -0.2) is 45.2 Å². The zero-order chi connectivity index (χ0) is 14.4. The topological polar surface area (TPSA) is 60.0 Å². The highest BCUT2D eigenvalue weighted by molar-refractivity contribution is 5.42. The molecule has 20 heavy (non-hydrogen) atoms. The molecule has 112 valence electrons. The number of ether oxygens (including phenoxy) is 3. The van der Waals surface area contributed by atoms with Crippen molar-refractivity contribution >= 4 is 0 Å². The van der Waals surface area contributed by atoms with Crippen LogP contribution in [0.15, 0.2) is 18.2 Å². The molecule has 0 saturated carbocycles. The first-order valence-corrected chi connectivity index (χ1v) is 6.96. The number of aliphatic hydroxyl groups excluding tert-OH is 1. The van der Waals surface area contributed by atoms with Crippen molar-refractivity contribution in [2.75, 3.05) is 34.0 Å². The van der Waals surface area contributed by atoms with Crippen LogP contribution in [0.5, 0.6) is 11.5 Å². The number of methoxy groups -OCH3 is 2. The Balaban J connectivity index is 2.08. The highest BCUT2D eigenvalue weighted by Crippen LogP contribution is 2.29. The first kappa shape index (κ1) is 15.1. The van der Waals surface area contributed by atoms with Crippen molar-refractivity contribution in [1.29, 1.82) is 0 Å². The first-order valence-electron chi connectivity index (χ1n) is 6.96. The number of nitrogens with one attached hydrogen (secondary N) is 1. The van der Waals surface area contributed by atoms with Crippen molar-refractivity contribution in [3.63, 3.8) is 0 Å². The van der Waals surface area contributed by atoms with Crippen LogP contribution in [0, 0.1) is 0 Å². The van der Waals surface area contributed by atoms with E-state index in [4.69, 9.17) is 14.2 Å². The molecule has 0 aromatic heterocycles. The maximum Gasteiger partial charge on any atom is 0.123 e. The lowest BCUT2D eigenvalue weighted by atomic mass is 10.1. The van der Waals surface area contributed by atoms with Crippen molar-refractivity contribution in [3.05, 3.63) is 23.8 Å². The van der Waals surface area contributed by atoms with Gasteiger partial charge < -0.3 is 24.6 Å². The Morgan fingerprint density at radius 1 is 1.40 bits per heavy atom. The smallest absolute Gasteiger partial charge is 0.123 e. The molecule has 2 N–H and O–H groups in total. The molecule has 1 fully saturated rings. The molecule has 0 amide bonds. The van der Waals surface area contributed by atoms with Crippen LogP contribution in [0.3, 0.4) is 0 Å². The van der Waals surface area contributed by atoms with Gasteiger partial charge in [-0.1, -0.05) is 0 Å². The van der Waals surface area contributed by atoms with E-state index in [1.165, 1.54) is 0 Å². The summed E-state index contributed by atoms with van der Waals surface area (Å²) >= 11 is 0. The summed E-state index contributed by atoms with van der Waals surface area (Å²) in [5.74, 6) is 1.49. The molecular weight excluding hydrogens is 258 g/mol. The van der Waals surface area contributed by atoms with Crippen molar-refractivity contribution in [2.45, 2.75) is 25.0 Å². The standard InChI is InChI=1S/C15H23NO4/c1-18-11-5-6-15(19-2)13(8-11)14(10-17)16-9-12-4-3-7-20-12/h5-6,8,12,14,16-17H,3-4,7,9-10H2,1-2H3. The van der Waals surface area contributed by atoms with E-state index in [0.29, 0.717) is 0 Å². The SMILES string of the molecule is COc1ccc(OC)c(C(CO)NCC2CCCO2)c1. The second-order valence-corrected chi connectivity index (χ2v) is 4.89. The van der Waals surface area contributed by atoms with Gasteiger partial charge in [0.1, 0.15) is 11.5 Å². The lowest BCUT2D eigenvalue weighted by molar-refractivity contribution is 0.103. The van der Waals surface area contributed by atoms with Gasteiger partial charge in [-0.2, -0.15) is 0 Å². The van der Waals surface area contributed by atoms with Gasteiger partial charge in [0.15, 0.2) is 0 Å². The second-order valence-electron chi connectivity index (χ2n) is 4.89. The number of hydrogen-bond acceptors (Lipinski definition) is 5. The summed E-state index contributed by atoms with van der Waals surface area (Å²) in [6.07, 6.45) is 2.42. The Bertz CT molecular complexity index is 418. The molecule has 0 spiro atoms. The maximum atomic E-state index is 9.64. The zero-order valence-electron chi connectivity index (χ0n) is 12.1. The van der Waals surface area contributed by atoms with Crippen molar-refractivity contribution in [2.24, 2.45) is 0 Å². The van der Waals surface area contributed by atoms with Gasteiger partial charge in [-0.25, -0.2) is 0 Å². The molecule has 2 rings (SSSR count). The Kier molecular flexibility index (Phi) is 5.64. The number of aliphatic hydroxyl groups is 1. The Morgan fingerprint density at radius 2 is 2.25 bits per heavy atom. The van der Waals surface area contributed by atoms with E-state index < -0.39 is 0 Å². The van der Waals surface area contributed by atoms with Gasteiger partial charge in [-0.3, -0.25) is 0 Å². The van der Waals surface area contributed by atoms with Crippen LogP contribution in [0.2, 0.25) is 0 Å². The van der Waals surface area contributed by atoms with E-state index in [1.54, 1.807) is 14.2 Å². The number of benzene rings is 1. The Morgan fingerprint density at radius 3 is 2.85 bits per heavy atom. The minimum atomic E-state index is -0.191. The molecule has 1 aliphatic heterocycles. The van der Waals surface area contributed by atoms with Crippen LogP contribution in [0.1, 0.15) is 24.4 Å². The summed E-state index contributed by atoms with van der Waals surface area (Å²) in [5, 5.41) is 13.0. The predicted octanol–water partition coefficient (Wildman–Crippen LogP) is 1.51. The van der Waals surface area contributed by atoms with Gasteiger partial charge in [0, 0.05) is 18.7 Å². The maximum absolute atomic E-state index is 9.64. The van der Waals surface area contributed by atoms with E-state index in [-0.39, 0.29) is 18.8 Å². The van der Waals surface area contributed by atoms with Gasteiger partial charge in [0.05, 0.1) is 33.0 Å². The van der Waals surface area contributed by atoms with Gasteiger partial charge in [-0.05, 0) is 31.0 Å². The molecule has 1 heterocycles. The molecule has 1 saturated heterocycles. The third-order valence-corrected chi connectivity index (χ3v) is 3.61. The summed E-state index contributed by atoms with van der Waals surface area (Å²) in [4.78, 5) is 0. The molecule has 2 atom stereocenters. The zero-order valence-corrected chi connectivity index (χ0v) is 12.1. The van der Waals surface area contributed by atoms with Crippen LogP contribution < -0.4 is 14.8 Å². The van der Waals surface area contributed by atoms with E-state index in [2.05, 4.69) is 5.32 Å². The van der Waals surface area contributed by atoms with E-state index in [9.17, 15) is 5.11 Å². The van der Waals surface area contributed by atoms with Crippen LogP contribution in [0.25, 0.3) is 0 Å². The van der Waals surface area contributed by atoms with E-state index in [1.807, 2.05) is 18.2 Å². The van der Waals surface area contributed by atoms with Crippen LogP contribution in [-0.2, 0) is 4.74 Å². The Hall–Kier alpha value is -1.30. The monoisotopic (exact) mass is 281 g/mol. The molecule has 5 nitrogen and oxygen atoms in total. The van der Waals surface area contributed by atoms with Gasteiger partial charge in [0.25, 0.3) is 0 Å². The van der Waals surface area contributed by atoms with Crippen LogP contribution in [0.4, 0.5) is 0 Å². The highest BCUT2D eigenvalue weighted by Gasteiger charge is 2.20. The lowest BCUT2D eigenvalue weighted by Gasteiger charge is -2.21. The molecule has 0 aliphatic carbocycles. The summed E-state index contributed by atoms with van der Waals surface area (Å²) < 4.78 is 16.2. The fourth-order valence-electron chi connectivity index (χ4n) is 2.46. The molecule has 1 aromatic rings. The summed E-state index contributed by atoms with van der Waals surface area (Å²) in [6.45, 7) is 1.56. The average Bonchev–Trinajstić information content (AvgIpc) is 3.01. The van der Waals surface area contributed by atoms with Gasteiger partial charge in [-0.15, -0.1) is 0 Å². The predicted molar refractivity (Wildman–Crippen MR) is 76.3 cm³/mol. The van der Waals surface area contributed by atoms with Crippen molar-refractivity contribution < 1.29 is 19.3 Å². The number of rotatable bonds is 7. The third kappa shape index (κ3) is 3.62. The van der Waals surface area contributed by atoms with Crippen molar-refractivity contribution in [3.8, 4) is 11.5 Å². The Labute approximate surface area is 119 Å². The summed E-state index contributed by atoms with van der Waals surface area (Å²) in [5.41, 5.74) is 0.896. The minimum absolute atomic E-state index is 0.00372. The minimum Gasteiger partial charge on any atom is -0.497 e. The third-order valence-electron chi connectivity index (χ3n) is 3.61. The summed E-state index contributed by atoms with van der Waals surface area (Å²) in [6, 6.07) is 5.40. The fourth-order valence-corrected chi connectivity index (χ4v) is 2.46. The molecule has 0 radical (unpaired) electrons. The van der Waals surface area contributed by atoms with Gasteiger partial charge >= 0.3 is 0 Å². The number of hydrogen-bond donors (Lipinski definition) is 2.